The van der Waals surface area contributed by atoms with Crippen LogP contribution in [0.4, 0.5) is 0 Å². The van der Waals surface area contributed by atoms with E-state index in [4.69, 9.17) is 10.5 Å². The predicted molar refractivity (Wildman–Crippen MR) is 92.3 cm³/mol. The van der Waals surface area contributed by atoms with Gasteiger partial charge in [-0.3, -0.25) is 14.7 Å². The summed E-state index contributed by atoms with van der Waals surface area (Å²) in [6.07, 6.45) is 5.50. The number of nitrogens with two attached hydrogens (primary N) is 1. The molecule has 24 heavy (non-hydrogen) atoms. The maximum atomic E-state index is 12.7. The second-order valence-electron chi connectivity index (χ2n) is 6.80. The van der Waals surface area contributed by atoms with Crippen LogP contribution in [0.3, 0.4) is 0 Å². The van der Waals surface area contributed by atoms with Crippen LogP contribution in [-0.4, -0.2) is 66.1 Å². The lowest BCUT2D eigenvalue weighted by molar-refractivity contribution is -0.136. The van der Waals surface area contributed by atoms with Gasteiger partial charge in [-0.2, -0.15) is 0 Å². The average Bonchev–Trinajstić information content (AvgIpc) is 2.68. The molecular formula is C18H28N4O2. The fourth-order valence-electron chi connectivity index (χ4n) is 3.65. The summed E-state index contributed by atoms with van der Waals surface area (Å²) in [5.41, 5.74) is 7.46. The summed E-state index contributed by atoms with van der Waals surface area (Å²) in [6, 6.07) is 4.02. The van der Waals surface area contributed by atoms with Crippen molar-refractivity contribution in [2.75, 3.05) is 39.4 Å². The fraction of sp³-hybridized carbons (Fsp3) is 0.667. The Labute approximate surface area is 144 Å². The monoisotopic (exact) mass is 332 g/mol. The smallest absolute Gasteiger partial charge is 0.239 e. The second kappa shape index (κ2) is 8.05. The molecule has 0 radical (unpaired) electrons. The molecule has 3 heterocycles. The molecule has 2 N–H and O–H groups in total. The van der Waals surface area contributed by atoms with E-state index in [1.54, 1.807) is 6.20 Å². The Kier molecular flexibility index (Phi) is 5.81. The van der Waals surface area contributed by atoms with E-state index in [-0.39, 0.29) is 17.9 Å². The molecule has 2 aliphatic heterocycles. The van der Waals surface area contributed by atoms with Crippen LogP contribution in [-0.2, 0) is 9.53 Å². The van der Waals surface area contributed by atoms with Gasteiger partial charge in [0.25, 0.3) is 0 Å². The van der Waals surface area contributed by atoms with Crippen molar-refractivity contribution in [1.29, 1.82) is 0 Å². The van der Waals surface area contributed by atoms with Gasteiger partial charge in [0.2, 0.25) is 5.91 Å². The first-order valence-corrected chi connectivity index (χ1v) is 8.93. The molecule has 2 atom stereocenters. The number of hydrogen-bond acceptors (Lipinski definition) is 5. The summed E-state index contributed by atoms with van der Waals surface area (Å²) in [4.78, 5) is 21.2. The normalized spacial score (nSPS) is 23.0. The molecule has 0 spiro atoms. The molecule has 1 aromatic heterocycles. The average molecular weight is 332 g/mol. The summed E-state index contributed by atoms with van der Waals surface area (Å²) in [5, 5.41) is 0. The molecule has 2 saturated heterocycles. The maximum Gasteiger partial charge on any atom is 0.239 e. The van der Waals surface area contributed by atoms with Crippen LogP contribution in [0.2, 0.25) is 0 Å². The first-order chi connectivity index (χ1) is 11.7. The van der Waals surface area contributed by atoms with Crippen LogP contribution >= 0.6 is 0 Å². The fourth-order valence-corrected chi connectivity index (χ4v) is 3.65. The van der Waals surface area contributed by atoms with Crippen molar-refractivity contribution in [3.63, 3.8) is 0 Å². The van der Waals surface area contributed by atoms with Gasteiger partial charge < -0.3 is 15.4 Å². The summed E-state index contributed by atoms with van der Waals surface area (Å²) < 4.78 is 5.37. The Balaban J connectivity index is 1.51. The van der Waals surface area contributed by atoms with Gasteiger partial charge in [0.05, 0.1) is 6.04 Å². The highest BCUT2D eigenvalue weighted by molar-refractivity contribution is 5.82. The van der Waals surface area contributed by atoms with E-state index < -0.39 is 0 Å². The molecule has 0 aliphatic carbocycles. The van der Waals surface area contributed by atoms with Crippen molar-refractivity contribution in [2.45, 2.75) is 31.8 Å². The van der Waals surface area contributed by atoms with Crippen molar-refractivity contribution in [1.82, 2.24) is 14.8 Å². The molecule has 132 valence electrons. The van der Waals surface area contributed by atoms with Crippen LogP contribution < -0.4 is 5.73 Å². The summed E-state index contributed by atoms with van der Waals surface area (Å²) in [6.45, 7) is 6.90. The predicted octanol–water partition coefficient (Wildman–Crippen LogP) is 1.04. The van der Waals surface area contributed by atoms with Crippen molar-refractivity contribution in [3.8, 4) is 0 Å². The van der Waals surface area contributed by atoms with Crippen molar-refractivity contribution < 1.29 is 9.53 Å². The van der Waals surface area contributed by atoms with E-state index in [0.29, 0.717) is 6.04 Å². The van der Waals surface area contributed by atoms with Crippen molar-refractivity contribution >= 4 is 5.91 Å². The zero-order chi connectivity index (χ0) is 16.9. The van der Waals surface area contributed by atoms with Crippen LogP contribution in [0.5, 0.6) is 0 Å². The van der Waals surface area contributed by atoms with Gasteiger partial charge in [-0.15, -0.1) is 0 Å². The van der Waals surface area contributed by atoms with E-state index in [1.165, 1.54) is 5.56 Å². The van der Waals surface area contributed by atoms with E-state index in [2.05, 4.69) is 22.9 Å². The number of amides is 1. The van der Waals surface area contributed by atoms with E-state index >= 15 is 0 Å². The van der Waals surface area contributed by atoms with Gasteiger partial charge >= 0.3 is 0 Å². The Morgan fingerprint density at radius 2 is 2.00 bits per heavy atom. The summed E-state index contributed by atoms with van der Waals surface area (Å²) in [5.74, 6) is 0.370. The third-order valence-corrected chi connectivity index (χ3v) is 5.40. The highest BCUT2D eigenvalue weighted by atomic mass is 16.5. The molecule has 0 saturated carbocycles. The van der Waals surface area contributed by atoms with E-state index in [0.717, 1.165) is 52.2 Å². The van der Waals surface area contributed by atoms with E-state index in [9.17, 15) is 4.79 Å². The third-order valence-electron chi connectivity index (χ3n) is 5.40. The molecule has 6 heteroatoms. The zero-order valence-electron chi connectivity index (χ0n) is 14.4. The van der Waals surface area contributed by atoms with Gasteiger partial charge in [-0.05, 0) is 37.3 Å². The largest absolute Gasteiger partial charge is 0.381 e. The van der Waals surface area contributed by atoms with Crippen LogP contribution in [0, 0.1) is 5.92 Å². The number of piperazine rings is 1. The molecule has 0 aromatic carbocycles. The Hall–Kier alpha value is -1.50. The Bertz CT molecular complexity index is 525. The highest BCUT2D eigenvalue weighted by Crippen LogP contribution is 2.22. The van der Waals surface area contributed by atoms with Crippen LogP contribution in [0.15, 0.2) is 24.5 Å². The van der Waals surface area contributed by atoms with Crippen molar-refractivity contribution in [2.24, 2.45) is 11.7 Å². The third kappa shape index (κ3) is 3.94. The lowest BCUT2D eigenvalue weighted by atomic mass is 9.91. The molecule has 1 amide bonds. The Morgan fingerprint density at radius 3 is 2.62 bits per heavy atom. The van der Waals surface area contributed by atoms with Crippen LogP contribution in [0.1, 0.15) is 31.4 Å². The molecule has 3 rings (SSSR count). The summed E-state index contributed by atoms with van der Waals surface area (Å²) >= 11 is 0. The first-order valence-electron chi connectivity index (χ1n) is 8.93. The number of carbonyl (C=O) groups is 1. The second-order valence-corrected chi connectivity index (χ2v) is 6.80. The highest BCUT2D eigenvalue weighted by Gasteiger charge is 2.32. The molecule has 0 bridgehead atoms. The lowest BCUT2D eigenvalue weighted by Gasteiger charge is -2.40. The number of aromatic nitrogens is 1. The lowest BCUT2D eigenvalue weighted by Crippen LogP contribution is -2.55. The van der Waals surface area contributed by atoms with E-state index in [1.807, 2.05) is 17.2 Å². The topological polar surface area (TPSA) is 71.7 Å². The number of pyridine rings is 1. The molecule has 6 nitrogen and oxygen atoms in total. The standard InChI is InChI=1S/C18H28N4O2/c1-14(16-3-2-6-20-13-16)21-7-9-22(10-8-21)18(23)17(19)15-4-11-24-12-5-15/h2-3,6,13-15,17H,4-5,7-12,19H2,1H3. The SMILES string of the molecule is CC(c1cccnc1)N1CCN(C(=O)C(N)C2CCOCC2)CC1. The number of ether oxygens (including phenoxy) is 1. The molecule has 2 aliphatic rings. The van der Waals surface area contributed by atoms with Gasteiger partial charge in [0.1, 0.15) is 0 Å². The minimum atomic E-state index is -0.379. The molecule has 2 fully saturated rings. The Morgan fingerprint density at radius 1 is 1.29 bits per heavy atom. The van der Waals surface area contributed by atoms with Gasteiger partial charge in [0.15, 0.2) is 0 Å². The van der Waals surface area contributed by atoms with Gasteiger partial charge in [-0.25, -0.2) is 0 Å². The van der Waals surface area contributed by atoms with Gasteiger partial charge in [-0.1, -0.05) is 6.07 Å². The van der Waals surface area contributed by atoms with Gasteiger partial charge in [0, 0.05) is 57.8 Å². The number of nitrogens with zero attached hydrogens (tertiary/aromatic N) is 3. The first kappa shape index (κ1) is 17.3. The minimum absolute atomic E-state index is 0.107. The molecule has 1 aromatic rings. The van der Waals surface area contributed by atoms with Crippen LogP contribution in [0.25, 0.3) is 0 Å². The summed E-state index contributed by atoms with van der Waals surface area (Å²) in [7, 11) is 0. The maximum absolute atomic E-state index is 12.7. The quantitative estimate of drug-likeness (QED) is 0.892. The zero-order valence-corrected chi connectivity index (χ0v) is 14.4. The molecule has 2 unspecified atom stereocenters. The number of rotatable bonds is 4. The number of carbonyl (C=O) groups excluding carboxylic acids is 1. The molecular weight excluding hydrogens is 304 g/mol. The van der Waals surface area contributed by atoms with Crippen molar-refractivity contribution in [3.05, 3.63) is 30.1 Å². The minimum Gasteiger partial charge on any atom is -0.381 e. The number of hydrogen-bond donors (Lipinski definition) is 1.